The smallest absolute Gasteiger partial charge is 0.0830 e. The Labute approximate surface area is 117 Å². The highest BCUT2D eigenvalue weighted by atomic mass is 16.5. The summed E-state index contributed by atoms with van der Waals surface area (Å²) in [7, 11) is 0. The minimum absolute atomic E-state index is 0.0824. The standard InChI is InChI=1S/C15H30N2O2/c1-6-12-9-18-8-7-17(12)15(11-16)10-13(2,3)19-14(15,4)5/h12H,6-11,16H2,1-5H3. The van der Waals surface area contributed by atoms with Crippen LogP contribution in [0.1, 0.15) is 47.5 Å². The molecule has 19 heavy (non-hydrogen) atoms. The molecule has 0 radical (unpaired) electrons. The number of ether oxygens (including phenoxy) is 2. The Kier molecular flexibility index (Phi) is 4.00. The van der Waals surface area contributed by atoms with Gasteiger partial charge in [-0.3, -0.25) is 4.90 Å². The molecule has 2 rings (SSSR count). The second-order valence-corrected chi connectivity index (χ2v) is 7.11. The van der Waals surface area contributed by atoms with E-state index in [-0.39, 0.29) is 16.7 Å². The van der Waals surface area contributed by atoms with Crippen LogP contribution in [0.3, 0.4) is 0 Å². The van der Waals surface area contributed by atoms with Crippen molar-refractivity contribution in [3.8, 4) is 0 Å². The van der Waals surface area contributed by atoms with Crippen LogP contribution in [0, 0.1) is 0 Å². The van der Waals surface area contributed by atoms with Crippen LogP contribution in [-0.4, -0.2) is 54.0 Å². The van der Waals surface area contributed by atoms with E-state index in [4.69, 9.17) is 15.2 Å². The Hall–Kier alpha value is -0.160. The van der Waals surface area contributed by atoms with Gasteiger partial charge < -0.3 is 15.2 Å². The molecular formula is C15H30N2O2. The first-order valence-electron chi connectivity index (χ1n) is 7.53. The molecular weight excluding hydrogens is 240 g/mol. The average Bonchev–Trinajstić information content (AvgIpc) is 2.54. The van der Waals surface area contributed by atoms with Gasteiger partial charge in [0.2, 0.25) is 0 Å². The molecule has 2 fully saturated rings. The minimum atomic E-state index is -0.226. The van der Waals surface area contributed by atoms with Crippen LogP contribution in [0.5, 0.6) is 0 Å². The van der Waals surface area contributed by atoms with Crippen molar-refractivity contribution in [2.75, 3.05) is 26.3 Å². The molecule has 2 saturated heterocycles. The van der Waals surface area contributed by atoms with E-state index in [9.17, 15) is 0 Å². The maximum Gasteiger partial charge on any atom is 0.0830 e. The zero-order valence-electron chi connectivity index (χ0n) is 13.2. The molecule has 2 aliphatic heterocycles. The highest BCUT2D eigenvalue weighted by Gasteiger charge is 2.60. The molecule has 0 aromatic rings. The summed E-state index contributed by atoms with van der Waals surface area (Å²) < 4.78 is 12.0. The summed E-state index contributed by atoms with van der Waals surface area (Å²) in [4.78, 5) is 2.57. The fraction of sp³-hybridized carbons (Fsp3) is 1.00. The van der Waals surface area contributed by atoms with Crippen molar-refractivity contribution >= 4 is 0 Å². The van der Waals surface area contributed by atoms with E-state index >= 15 is 0 Å². The monoisotopic (exact) mass is 270 g/mol. The summed E-state index contributed by atoms with van der Waals surface area (Å²) >= 11 is 0. The molecule has 112 valence electrons. The quantitative estimate of drug-likeness (QED) is 0.849. The average molecular weight is 270 g/mol. The van der Waals surface area contributed by atoms with Crippen molar-refractivity contribution in [3.05, 3.63) is 0 Å². The van der Waals surface area contributed by atoms with Crippen molar-refractivity contribution < 1.29 is 9.47 Å². The van der Waals surface area contributed by atoms with Crippen molar-refractivity contribution in [3.63, 3.8) is 0 Å². The fourth-order valence-corrected chi connectivity index (χ4v) is 4.18. The maximum atomic E-state index is 6.33. The fourth-order valence-electron chi connectivity index (χ4n) is 4.18. The van der Waals surface area contributed by atoms with Crippen LogP contribution in [0.15, 0.2) is 0 Å². The Morgan fingerprint density at radius 2 is 1.95 bits per heavy atom. The van der Waals surface area contributed by atoms with E-state index in [2.05, 4.69) is 39.5 Å². The number of hydrogen-bond donors (Lipinski definition) is 1. The van der Waals surface area contributed by atoms with Crippen LogP contribution in [0.2, 0.25) is 0 Å². The van der Waals surface area contributed by atoms with Gasteiger partial charge in [-0.25, -0.2) is 0 Å². The van der Waals surface area contributed by atoms with E-state index in [1.54, 1.807) is 0 Å². The van der Waals surface area contributed by atoms with Gasteiger partial charge in [-0.2, -0.15) is 0 Å². The normalized spacial score (nSPS) is 38.5. The maximum absolute atomic E-state index is 6.33. The molecule has 0 bridgehead atoms. The molecule has 0 amide bonds. The third kappa shape index (κ3) is 2.44. The van der Waals surface area contributed by atoms with E-state index in [1.165, 1.54) is 0 Å². The van der Waals surface area contributed by atoms with Gasteiger partial charge in [0.25, 0.3) is 0 Å². The van der Waals surface area contributed by atoms with Gasteiger partial charge in [0, 0.05) is 19.1 Å². The Balaban J connectivity index is 2.36. The first-order chi connectivity index (χ1) is 8.78. The molecule has 2 heterocycles. The number of nitrogens with two attached hydrogens (primary N) is 1. The van der Waals surface area contributed by atoms with Gasteiger partial charge >= 0.3 is 0 Å². The molecule has 2 N–H and O–H groups in total. The van der Waals surface area contributed by atoms with Crippen molar-refractivity contribution in [2.24, 2.45) is 5.73 Å². The van der Waals surface area contributed by atoms with E-state index in [1.807, 2.05) is 0 Å². The molecule has 2 aliphatic rings. The van der Waals surface area contributed by atoms with Crippen LogP contribution in [0.4, 0.5) is 0 Å². The number of morpholine rings is 1. The first kappa shape index (κ1) is 15.2. The lowest BCUT2D eigenvalue weighted by atomic mass is 9.76. The van der Waals surface area contributed by atoms with Gasteiger partial charge in [0.05, 0.1) is 30.0 Å². The van der Waals surface area contributed by atoms with Gasteiger partial charge in [0.1, 0.15) is 0 Å². The summed E-state index contributed by atoms with van der Waals surface area (Å²) in [6.07, 6.45) is 2.08. The predicted molar refractivity (Wildman–Crippen MR) is 77.2 cm³/mol. The lowest BCUT2D eigenvalue weighted by molar-refractivity contribution is -0.133. The highest BCUT2D eigenvalue weighted by Crippen LogP contribution is 2.49. The summed E-state index contributed by atoms with van der Waals surface area (Å²) in [6.45, 7) is 14.2. The second kappa shape index (κ2) is 4.99. The zero-order chi connectivity index (χ0) is 14.3. The van der Waals surface area contributed by atoms with Crippen LogP contribution in [-0.2, 0) is 9.47 Å². The van der Waals surface area contributed by atoms with Crippen LogP contribution in [0.25, 0.3) is 0 Å². The largest absolute Gasteiger partial charge is 0.378 e. The van der Waals surface area contributed by atoms with E-state index in [0.717, 1.165) is 32.6 Å². The topological polar surface area (TPSA) is 47.7 Å². The van der Waals surface area contributed by atoms with Gasteiger partial charge in [0.15, 0.2) is 0 Å². The lowest BCUT2D eigenvalue weighted by Crippen LogP contribution is -2.68. The number of rotatable bonds is 3. The van der Waals surface area contributed by atoms with Gasteiger partial charge in [-0.1, -0.05) is 6.92 Å². The van der Waals surface area contributed by atoms with Crippen molar-refractivity contribution in [1.29, 1.82) is 0 Å². The van der Waals surface area contributed by atoms with Crippen molar-refractivity contribution in [2.45, 2.75) is 70.2 Å². The van der Waals surface area contributed by atoms with E-state index in [0.29, 0.717) is 12.6 Å². The van der Waals surface area contributed by atoms with Crippen LogP contribution < -0.4 is 5.73 Å². The molecule has 0 spiro atoms. The summed E-state index contributed by atoms with van der Waals surface area (Å²) in [5, 5.41) is 0. The minimum Gasteiger partial charge on any atom is -0.378 e. The zero-order valence-corrected chi connectivity index (χ0v) is 13.2. The SMILES string of the molecule is CCC1COCCN1C1(CN)CC(C)(C)OC1(C)C. The molecule has 4 nitrogen and oxygen atoms in total. The molecule has 2 atom stereocenters. The number of nitrogens with zero attached hydrogens (tertiary/aromatic N) is 1. The van der Waals surface area contributed by atoms with E-state index < -0.39 is 0 Å². The Bertz CT molecular complexity index is 330. The Morgan fingerprint density at radius 1 is 1.26 bits per heavy atom. The molecule has 2 unspecified atom stereocenters. The summed E-state index contributed by atoms with van der Waals surface area (Å²) in [5.74, 6) is 0. The molecule has 0 aromatic heterocycles. The molecule has 0 saturated carbocycles. The third-order valence-corrected chi connectivity index (χ3v) is 4.96. The third-order valence-electron chi connectivity index (χ3n) is 4.96. The van der Waals surface area contributed by atoms with Gasteiger partial charge in [-0.05, 0) is 40.5 Å². The summed E-state index contributed by atoms with van der Waals surface area (Å²) in [6, 6.07) is 0.453. The lowest BCUT2D eigenvalue weighted by Gasteiger charge is -2.52. The first-order valence-corrected chi connectivity index (χ1v) is 7.53. The molecule has 4 heteroatoms. The van der Waals surface area contributed by atoms with Crippen molar-refractivity contribution in [1.82, 2.24) is 4.90 Å². The Morgan fingerprint density at radius 3 is 2.42 bits per heavy atom. The number of hydrogen-bond acceptors (Lipinski definition) is 4. The van der Waals surface area contributed by atoms with Gasteiger partial charge in [-0.15, -0.1) is 0 Å². The molecule has 0 aliphatic carbocycles. The molecule has 0 aromatic carbocycles. The van der Waals surface area contributed by atoms with Crippen LogP contribution >= 0.6 is 0 Å². The predicted octanol–water partition coefficient (Wildman–Crippen LogP) is 1.77. The summed E-state index contributed by atoms with van der Waals surface area (Å²) in [5.41, 5.74) is 5.83. The highest BCUT2D eigenvalue weighted by molar-refractivity contribution is 5.14. The second-order valence-electron chi connectivity index (χ2n) is 7.11.